The molecule has 0 saturated heterocycles. The molecular formula is C12H17ClN2O3. The number of halogens is 1. The van der Waals surface area contributed by atoms with E-state index < -0.39 is 0 Å². The number of nitrogens with one attached hydrogen (secondary N) is 2. The zero-order valence-corrected chi connectivity index (χ0v) is 11.0. The lowest BCUT2D eigenvalue weighted by atomic mass is 10.2. The molecule has 1 amide bonds. The summed E-state index contributed by atoms with van der Waals surface area (Å²) in [5.74, 6) is 1.39. The number of hydrogen-bond acceptors (Lipinski definition) is 4. The Morgan fingerprint density at radius 1 is 1.28 bits per heavy atom. The maximum absolute atomic E-state index is 11.5. The van der Waals surface area contributed by atoms with Gasteiger partial charge in [-0.25, -0.2) is 0 Å². The van der Waals surface area contributed by atoms with Gasteiger partial charge in [0, 0.05) is 24.7 Å². The summed E-state index contributed by atoms with van der Waals surface area (Å²) in [7, 11) is 1.82. The summed E-state index contributed by atoms with van der Waals surface area (Å²) in [5, 5.41) is 5.74. The van der Waals surface area contributed by atoms with Crippen molar-refractivity contribution >= 4 is 24.0 Å². The molecule has 100 valence electrons. The molecule has 18 heavy (non-hydrogen) atoms. The largest absolute Gasteiger partial charge is 0.486 e. The van der Waals surface area contributed by atoms with E-state index in [0.717, 1.165) is 11.4 Å². The van der Waals surface area contributed by atoms with Gasteiger partial charge in [-0.1, -0.05) is 0 Å². The first kappa shape index (κ1) is 14.6. The standard InChI is InChI=1S/C12H16N2O3.ClH/c1-13-5-4-12(15)14-9-2-3-10-11(8-9)17-7-6-16-10;/h2-3,8,13H,4-7H2,1H3,(H,14,15);1H. The van der Waals surface area contributed by atoms with E-state index >= 15 is 0 Å². The van der Waals surface area contributed by atoms with Crippen LogP contribution in [0.25, 0.3) is 0 Å². The highest BCUT2D eigenvalue weighted by molar-refractivity contribution is 5.91. The van der Waals surface area contributed by atoms with E-state index in [2.05, 4.69) is 10.6 Å². The van der Waals surface area contributed by atoms with Crippen LogP contribution < -0.4 is 20.1 Å². The van der Waals surface area contributed by atoms with Gasteiger partial charge >= 0.3 is 0 Å². The third kappa shape index (κ3) is 3.78. The summed E-state index contributed by atoms with van der Waals surface area (Å²) in [4.78, 5) is 11.5. The van der Waals surface area contributed by atoms with Gasteiger partial charge in [-0.2, -0.15) is 0 Å². The minimum Gasteiger partial charge on any atom is -0.486 e. The molecule has 1 aliphatic rings. The zero-order valence-electron chi connectivity index (χ0n) is 10.2. The van der Waals surface area contributed by atoms with Gasteiger partial charge in [-0.05, 0) is 19.2 Å². The number of anilines is 1. The van der Waals surface area contributed by atoms with E-state index in [-0.39, 0.29) is 18.3 Å². The molecule has 0 radical (unpaired) electrons. The van der Waals surface area contributed by atoms with Crippen LogP contribution in [0.1, 0.15) is 6.42 Å². The van der Waals surface area contributed by atoms with Gasteiger partial charge < -0.3 is 20.1 Å². The Morgan fingerprint density at radius 2 is 2.00 bits per heavy atom. The smallest absolute Gasteiger partial charge is 0.225 e. The number of carbonyl (C=O) groups is 1. The lowest BCUT2D eigenvalue weighted by molar-refractivity contribution is -0.116. The minimum absolute atomic E-state index is 0. The lowest BCUT2D eigenvalue weighted by Crippen LogP contribution is -2.19. The summed E-state index contributed by atoms with van der Waals surface area (Å²) >= 11 is 0. The van der Waals surface area contributed by atoms with Crippen LogP contribution in [0.15, 0.2) is 18.2 Å². The molecule has 1 aromatic carbocycles. The van der Waals surface area contributed by atoms with Crippen molar-refractivity contribution in [3.63, 3.8) is 0 Å². The maximum Gasteiger partial charge on any atom is 0.225 e. The second kappa shape index (κ2) is 7.08. The van der Waals surface area contributed by atoms with Crippen molar-refractivity contribution in [3.05, 3.63) is 18.2 Å². The molecule has 1 heterocycles. The van der Waals surface area contributed by atoms with Crippen LogP contribution in [-0.4, -0.2) is 32.7 Å². The Balaban J connectivity index is 0.00000162. The van der Waals surface area contributed by atoms with Crippen LogP contribution in [0.5, 0.6) is 11.5 Å². The monoisotopic (exact) mass is 272 g/mol. The average Bonchev–Trinajstić information content (AvgIpc) is 2.36. The third-order valence-corrected chi connectivity index (χ3v) is 2.43. The van der Waals surface area contributed by atoms with Crippen molar-refractivity contribution in [1.82, 2.24) is 5.32 Å². The first-order chi connectivity index (χ1) is 8.29. The molecule has 6 heteroatoms. The summed E-state index contributed by atoms with van der Waals surface area (Å²) in [5.41, 5.74) is 0.732. The van der Waals surface area contributed by atoms with Crippen LogP contribution in [0.4, 0.5) is 5.69 Å². The molecule has 0 fully saturated rings. The molecule has 0 spiro atoms. The fourth-order valence-corrected chi connectivity index (χ4v) is 1.58. The van der Waals surface area contributed by atoms with Crippen molar-refractivity contribution in [2.24, 2.45) is 0 Å². The summed E-state index contributed by atoms with van der Waals surface area (Å²) in [6, 6.07) is 5.40. The van der Waals surface area contributed by atoms with Crippen molar-refractivity contribution in [2.75, 3.05) is 32.1 Å². The van der Waals surface area contributed by atoms with E-state index in [1.54, 1.807) is 6.07 Å². The van der Waals surface area contributed by atoms with E-state index in [4.69, 9.17) is 9.47 Å². The second-order valence-corrected chi connectivity index (χ2v) is 3.76. The Bertz CT molecular complexity index is 412. The van der Waals surface area contributed by atoms with E-state index in [9.17, 15) is 4.79 Å². The highest BCUT2D eigenvalue weighted by Crippen LogP contribution is 2.32. The van der Waals surface area contributed by atoms with Crippen LogP contribution in [-0.2, 0) is 4.79 Å². The Morgan fingerprint density at radius 3 is 2.72 bits per heavy atom. The number of fused-ring (bicyclic) bond motifs is 1. The minimum atomic E-state index is -0.0176. The lowest BCUT2D eigenvalue weighted by Gasteiger charge is -2.19. The molecular weight excluding hydrogens is 256 g/mol. The number of amides is 1. The molecule has 5 nitrogen and oxygen atoms in total. The number of carbonyl (C=O) groups excluding carboxylic acids is 1. The quantitative estimate of drug-likeness (QED) is 0.871. The van der Waals surface area contributed by atoms with Crippen LogP contribution in [0.3, 0.4) is 0 Å². The number of benzene rings is 1. The molecule has 2 rings (SSSR count). The summed E-state index contributed by atoms with van der Waals surface area (Å²) < 4.78 is 10.8. The maximum atomic E-state index is 11.5. The van der Waals surface area contributed by atoms with Crippen LogP contribution >= 0.6 is 12.4 Å². The molecule has 1 aliphatic heterocycles. The molecule has 0 unspecified atom stereocenters. The number of ether oxygens (including phenoxy) is 2. The molecule has 0 aliphatic carbocycles. The number of hydrogen-bond donors (Lipinski definition) is 2. The van der Waals surface area contributed by atoms with Crippen molar-refractivity contribution < 1.29 is 14.3 Å². The average molecular weight is 273 g/mol. The van der Waals surface area contributed by atoms with Gasteiger partial charge in [0.2, 0.25) is 5.91 Å². The highest BCUT2D eigenvalue weighted by atomic mass is 35.5. The highest BCUT2D eigenvalue weighted by Gasteiger charge is 2.12. The van der Waals surface area contributed by atoms with E-state index in [1.807, 2.05) is 19.2 Å². The molecule has 1 aromatic rings. The van der Waals surface area contributed by atoms with Gasteiger partial charge in [0.05, 0.1) is 0 Å². The topological polar surface area (TPSA) is 59.6 Å². The molecule has 0 bridgehead atoms. The fraction of sp³-hybridized carbons (Fsp3) is 0.417. The van der Waals surface area contributed by atoms with Gasteiger partial charge in [0.15, 0.2) is 11.5 Å². The van der Waals surface area contributed by atoms with Crippen molar-refractivity contribution in [2.45, 2.75) is 6.42 Å². The Hall–Kier alpha value is -1.46. The Kier molecular flexibility index (Phi) is 5.74. The van der Waals surface area contributed by atoms with Crippen molar-refractivity contribution in [3.8, 4) is 11.5 Å². The van der Waals surface area contributed by atoms with Crippen LogP contribution in [0, 0.1) is 0 Å². The summed E-state index contributed by atoms with van der Waals surface area (Å²) in [6.45, 7) is 1.78. The van der Waals surface area contributed by atoms with Crippen molar-refractivity contribution in [1.29, 1.82) is 0 Å². The van der Waals surface area contributed by atoms with Gasteiger partial charge in [0.1, 0.15) is 13.2 Å². The SMILES string of the molecule is CNCCC(=O)Nc1ccc2c(c1)OCCO2.Cl. The molecule has 0 saturated carbocycles. The fourth-order valence-electron chi connectivity index (χ4n) is 1.58. The zero-order chi connectivity index (χ0) is 12.1. The van der Waals surface area contributed by atoms with Gasteiger partial charge in [-0.15, -0.1) is 12.4 Å². The number of rotatable bonds is 4. The van der Waals surface area contributed by atoms with Gasteiger partial charge in [0.25, 0.3) is 0 Å². The van der Waals surface area contributed by atoms with Gasteiger partial charge in [-0.3, -0.25) is 4.79 Å². The predicted molar refractivity (Wildman–Crippen MR) is 71.9 cm³/mol. The Labute approximate surface area is 112 Å². The van der Waals surface area contributed by atoms with E-state index in [0.29, 0.717) is 31.9 Å². The second-order valence-electron chi connectivity index (χ2n) is 3.76. The molecule has 0 atom stereocenters. The third-order valence-electron chi connectivity index (χ3n) is 2.43. The molecule has 2 N–H and O–H groups in total. The predicted octanol–water partition coefficient (Wildman–Crippen LogP) is 1.43. The normalized spacial score (nSPS) is 12.5. The first-order valence-corrected chi connectivity index (χ1v) is 5.63. The van der Waals surface area contributed by atoms with E-state index in [1.165, 1.54) is 0 Å². The van der Waals surface area contributed by atoms with Crippen LogP contribution in [0.2, 0.25) is 0 Å². The molecule has 0 aromatic heterocycles. The summed E-state index contributed by atoms with van der Waals surface area (Å²) in [6.07, 6.45) is 0.449. The first-order valence-electron chi connectivity index (χ1n) is 5.63.